The molecule has 5 heteroatoms. The molecule has 0 aliphatic heterocycles. The number of nitrogens with zero attached hydrogens (tertiary/aromatic N) is 1. The van der Waals surface area contributed by atoms with E-state index in [1.807, 2.05) is 18.2 Å². The molecule has 1 atom stereocenters. The first kappa shape index (κ1) is 16.8. The summed E-state index contributed by atoms with van der Waals surface area (Å²) in [4.78, 5) is 0. The Bertz CT molecular complexity index is 449. The van der Waals surface area contributed by atoms with Gasteiger partial charge < -0.3 is 15.7 Å². The third kappa shape index (κ3) is 4.71. The summed E-state index contributed by atoms with van der Waals surface area (Å²) in [5, 5.41) is 11.9. The van der Waals surface area contributed by atoms with Crippen molar-refractivity contribution in [1.29, 1.82) is 0 Å². The maximum Gasteiger partial charge on any atom is 0.174 e. The van der Waals surface area contributed by atoms with Crippen LogP contribution in [0, 0.1) is 5.92 Å². The number of hydrogen-bond acceptors (Lipinski definition) is 3. The van der Waals surface area contributed by atoms with Crippen molar-refractivity contribution < 1.29 is 9.94 Å². The number of halogens is 1. The minimum atomic E-state index is 0.0501. The predicted molar refractivity (Wildman–Crippen MR) is 85.5 cm³/mol. The van der Waals surface area contributed by atoms with Gasteiger partial charge in [-0.25, -0.2) is 0 Å². The van der Waals surface area contributed by atoms with E-state index in [0.717, 1.165) is 10.9 Å². The van der Waals surface area contributed by atoms with Gasteiger partial charge in [0.25, 0.3) is 0 Å². The summed E-state index contributed by atoms with van der Waals surface area (Å²) < 4.78 is 6.65. The number of benzene rings is 1. The molecular weight excluding hydrogens is 320 g/mol. The van der Waals surface area contributed by atoms with Crippen molar-refractivity contribution in [3.63, 3.8) is 0 Å². The topological polar surface area (TPSA) is 67.8 Å². The largest absolute Gasteiger partial charge is 0.492 e. The molecule has 0 saturated carbocycles. The molecule has 0 aliphatic carbocycles. The molecule has 20 heavy (non-hydrogen) atoms. The SMILES string of the molecule is CCCCC(CC)COc1cccc(Br)c1/C(N)=N/O. The predicted octanol–water partition coefficient (Wildman–Crippen LogP) is 4.14. The van der Waals surface area contributed by atoms with Crippen LogP contribution in [0.25, 0.3) is 0 Å². The first-order valence-corrected chi connectivity index (χ1v) is 7.82. The molecule has 1 rings (SSSR count). The second-order valence-corrected chi connectivity index (χ2v) is 5.68. The molecule has 1 unspecified atom stereocenters. The van der Waals surface area contributed by atoms with Crippen molar-refractivity contribution in [2.75, 3.05) is 6.61 Å². The number of oxime groups is 1. The van der Waals surface area contributed by atoms with E-state index in [0.29, 0.717) is 23.8 Å². The van der Waals surface area contributed by atoms with Crippen molar-refractivity contribution in [3.05, 3.63) is 28.2 Å². The van der Waals surface area contributed by atoms with Gasteiger partial charge in [-0.05, 0) is 40.4 Å². The molecule has 0 radical (unpaired) electrons. The standard InChI is InChI=1S/C15H23BrN2O2/c1-3-5-7-11(4-2)10-20-13-9-6-8-12(16)14(13)15(17)18-19/h6,8-9,11,19H,3-5,7,10H2,1-2H3,(H2,17,18). The number of hydrogen-bond donors (Lipinski definition) is 2. The number of rotatable bonds is 8. The van der Waals surface area contributed by atoms with Gasteiger partial charge in [0, 0.05) is 4.47 Å². The van der Waals surface area contributed by atoms with E-state index in [2.05, 4.69) is 34.9 Å². The Hall–Kier alpha value is -1.23. The minimum Gasteiger partial charge on any atom is -0.492 e. The minimum absolute atomic E-state index is 0.0501. The molecule has 0 aliphatic rings. The Morgan fingerprint density at radius 1 is 1.45 bits per heavy atom. The molecule has 112 valence electrons. The van der Waals surface area contributed by atoms with Crippen LogP contribution in [-0.4, -0.2) is 17.6 Å². The number of nitrogens with two attached hydrogens (primary N) is 1. The second kappa shape index (κ2) is 8.84. The summed E-state index contributed by atoms with van der Waals surface area (Å²) in [5.41, 5.74) is 6.30. The van der Waals surface area contributed by atoms with E-state index in [1.54, 1.807) is 0 Å². The fraction of sp³-hybridized carbons (Fsp3) is 0.533. The molecule has 0 spiro atoms. The van der Waals surface area contributed by atoms with Crippen LogP contribution in [0.2, 0.25) is 0 Å². The molecule has 4 nitrogen and oxygen atoms in total. The summed E-state index contributed by atoms with van der Waals surface area (Å²) in [5.74, 6) is 1.23. The average Bonchev–Trinajstić information content (AvgIpc) is 2.46. The van der Waals surface area contributed by atoms with Crippen molar-refractivity contribution >= 4 is 21.8 Å². The maximum absolute atomic E-state index is 8.86. The monoisotopic (exact) mass is 342 g/mol. The Balaban J connectivity index is 2.79. The first-order chi connectivity index (χ1) is 9.63. The third-order valence-corrected chi connectivity index (χ3v) is 4.02. The molecular formula is C15H23BrN2O2. The summed E-state index contributed by atoms with van der Waals surface area (Å²) in [6, 6.07) is 5.56. The van der Waals surface area contributed by atoms with Crippen LogP contribution < -0.4 is 10.5 Å². The zero-order valence-electron chi connectivity index (χ0n) is 12.1. The van der Waals surface area contributed by atoms with E-state index in [-0.39, 0.29) is 5.84 Å². The van der Waals surface area contributed by atoms with Gasteiger partial charge in [-0.2, -0.15) is 0 Å². The summed E-state index contributed by atoms with van der Waals surface area (Å²) >= 11 is 3.40. The Labute approximate surface area is 129 Å². The zero-order valence-corrected chi connectivity index (χ0v) is 13.7. The van der Waals surface area contributed by atoms with Crippen LogP contribution in [0.15, 0.2) is 27.8 Å². The number of amidine groups is 1. The van der Waals surface area contributed by atoms with Crippen LogP contribution >= 0.6 is 15.9 Å². The highest BCUT2D eigenvalue weighted by molar-refractivity contribution is 9.10. The smallest absolute Gasteiger partial charge is 0.174 e. The Morgan fingerprint density at radius 3 is 2.80 bits per heavy atom. The van der Waals surface area contributed by atoms with E-state index >= 15 is 0 Å². The first-order valence-electron chi connectivity index (χ1n) is 7.03. The molecule has 3 N–H and O–H groups in total. The summed E-state index contributed by atoms with van der Waals surface area (Å²) in [6.45, 7) is 5.02. The van der Waals surface area contributed by atoms with E-state index in [4.69, 9.17) is 15.7 Å². The van der Waals surface area contributed by atoms with E-state index in [1.165, 1.54) is 19.3 Å². The second-order valence-electron chi connectivity index (χ2n) is 4.83. The molecule has 1 aromatic carbocycles. The van der Waals surface area contributed by atoms with Gasteiger partial charge in [-0.3, -0.25) is 0 Å². The highest BCUT2D eigenvalue weighted by Gasteiger charge is 2.14. The molecule has 1 aromatic rings. The van der Waals surface area contributed by atoms with Crippen molar-refractivity contribution in [2.24, 2.45) is 16.8 Å². The normalized spacial score (nSPS) is 13.2. The van der Waals surface area contributed by atoms with Crippen LogP contribution in [0.1, 0.15) is 45.1 Å². The molecule has 0 amide bonds. The zero-order chi connectivity index (χ0) is 15.0. The fourth-order valence-corrected chi connectivity index (χ4v) is 2.58. The third-order valence-electron chi connectivity index (χ3n) is 3.36. The maximum atomic E-state index is 8.86. The molecule has 0 saturated heterocycles. The van der Waals surface area contributed by atoms with Gasteiger partial charge in [0.15, 0.2) is 5.84 Å². The lowest BCUT2D eigenvalue weighted by molar-refractivity contribution is 0.232. The van der Waals surface area contributed by atoms with Crippen molar-refractivity contribution in [1.82, 2.24) is 0 Å². The Kier molecular flexibility index (Phi) is 7.44. The number of unbranched alkanes of at least 4 members (excludes halogenated alkanes) is 1. The number of ether oxygens (including phenoxy) is 1. The highest BCUT2D eigenvalue weighted by atomic mass is 79.9. The Morgan fingerprint density at radius 2 is 2.20 bits per heavy atom. The van der Waals surface area contributed by atoms with Crippen LogP contribution in [0.4, 0.5) is 0 Å². The molecule has 0 aromatic heterocycles. The van der Waals surface area contributed by atoms with E-state index in [9.17, 15) is 0 Å². The molecule has 0 fully saturated rings. The fourth-order valence-electron chi connectivity index (χ4n) is 2.03. The van der Waals surface area contributed by atoms with Gasteiger partial charge in [0.05, 0.1) is 12.2 Å². The van der Waals surface area contributed by atoms with Crippen molar-refractivity contribution in [2.45, 2.75) is 39.5 Å². The summed E-state index contributed by atoms with van der Waals surface area (Å²) in [7, 11) is 0. The quantitative estimate of drug-likeness (QED) is 0.323. The van der Waals surface area contributed by atoms with Gasteiger partial charge in [-0.15, -0.1) is 0 Å². The highest BCUT2D eigenvalue weighted by Crippen LogP contribution is 2.27. The van der Waals surface area contributed by atoms with E-state index < -0.39 is 0 Å². The van der Waals surface area contributed by atoms with Gasteiger partial charge in [0.2, 0.25) is 0 Å². The lowest BCUT2D eigenvalue weighted by atomic mass is 10.0. The average molecular weight is 343 g/mol. The van der Waals surface area contributed by atoms with Crippen molar-refractivity contribution in [3.8, 4) is 5.75 Å². The van der Waals surface area contributed by atoms with Gasteiger partial charge >= 0.3 is 0 Å². The molecule has 0 heterocycles. The van der Waals surface area contributed by atoms with Crippen LogP contribution in [0.5, 0.6) is 5.75 Å². The van der Waals surface area contributed by atoms with Crippen LogP contribution in [0.3, 0.4) is 0 Å². The van der Waals surface area contributed by atoms with Gasteiger partial charge in [0.1, 0.15) is 5.75 Å². The van der Waals surface area contributed by atoms with Crippen LogP contribution in [-0.2, 0) is 0 Å². The molecule has 0 bridgehead atoms. The van der Waals surface area contributed by atoms with Gasteiger partial charge in [-0.1, -0.05) is 44.3 Å². The summed E-state index contributed by atoms with van der Waals surface area (Å²) in [6.07, 6.45) is 4.67. The lowest BCUT2D eigenvalue weighted by Gasteiger charge is -2.17. The lowest BCUT2D eigenvalue weighted by Crippen LogP contribution is -2.18.